The summed E-state index contributed by atoms with van der Waals surface area (Å²) in [5.74, 6) is -2.13. The number of carbonyl (C=O) groups is 2. The van der Waals surface area contributed by atoms with E-state index in [1.807, 2.05) is 0 Å². The van der Waals surface area contributed by atoms with Gasteiger partial charge in [0, 0.05) is 10.4 Å². The number of anilines is 2. The third-order valence-corrected chi connectivity index (χ3v) is 1.95. The number of hydrogen-bond donors (Lipinski definition) is 4. The number of nitrogens with one attached hydrogen (secondary N) is 2. The van der Waals surface area contributed by atoms with E-state index in [4.69, 9.17) is 39.2 Å². The number of aromatic amines is 2. The van der Waals surface area contributed by atoms with Crippen molar-refractivity contribution in [3.8, 4) is 0 Å². The van der Waals surface area contributed by atoms with E-state index in [9.17, 15) is 9.59 Å². The number of carboxylic acid groups (broad SMARTS) is 2. The molecule has 0 saturated carbocycles. The van der Waals surface area contributed by atoms with Crippen LogP contribution >= 0.6 is 0 Å². The van der Waals surface area contributed by atoms with Gasteiger partial charge in [-0.1, -0.05) is 0 Å². The van der Waals surface area contributed by atoms with Gasteiger partial charge < -0.3 is 30.3 Å². The van der Waals surface area contributed by atoms with Gasteiger partial charge in [0.25, 0.3) is 0 Å². The number of nitrogens with two attached hydrogens (primary N) is 2. The van der Waals surface area contributed by atoms with E-state index in [1.165, 1.54) is 24.8 Å². The van der Waals surface area contributed by atoms with Crippen LogP contribution in [0.5, 0.6) is 0 Å². The molecule has 0 aliphatic heterocycles. The Bertz CT molecular complexity index is 782. The molecule has 2 aromatic heterocycles. The van der Waals surface area contributed by atoms with E-state index in [1.54, 1.807) is 0 Å². The highest BCUT2D eigenvalue weighted by molar-refractivity contribution is 7.79. The van der Waals surface area contributed by atoms with Gasteiger partial charge in [0.15, 0.2) is 0 Å². The van der Waals surface area contributed by atoms with Crippen molar-refractivity contribution in [2.75, 3.05) is 11.5 Å². The highest BCUT2D eigenvalue weighted by Crippen LogP contribution is 1.97. The number of carboxylic acids is 2. The van der Waals surface area contributed by atoms with Crippen LogP contribution in [0.25, 0.3) is 0 Å². The Hall–Kier alpha value is -3.51. The molecular formula is C10H16N6O10S. The number of aromatic nitrogens is 4. The van der Waals surface area contributed by atoms with Crippen LogP contribution in [0.3, 0.4) is 0 Å². The molecule has 2 heterocycles. The summed E-state index contributed by atoms with van der Waals surface area (Å²) >= 11 is 0. The Morgan fingerprint density at radius 2 is 1.15 bits per heavy atom. The van der Waals surface area contributed by atoms with Crippen LogP contribution in [0.2, 0.25) is 0 Å². The molecule has 0 amide bonds. The molecule has 2 rings (SSSR count). The second-order valence-corrected chi connectivity index (χ2v) is 4.54. The predicted molar refractivity (Wildman–Crippen MR) is 82.0 cm³/mol. The smallest absolute Gasteiger partial charge is 0.363 e. The maximum atomic E-state index is 10.3. The Balaban J connectivity index is -0.000000326. The molecule has 27 heavy (non-hydrogen) atoms. The number of nitrogens with zero attached hydrogens (tertiary/aromatic N) is 2. The topological polar surface area (TPSA) is 324 Å². The number of hydrogen-bond acceptors (Lipinski definition) is 10. The zero-order valence-electron chi connectivity index (χ0n) is 13.1. The minimum absolute atomic E-state index is 0. The van der Waals surface area contributed by atoms with Crippen molar-refractivity contribution < 1.29 is 58.2 Å². The van der Waals surface area contributed by atoms with Gasteiger partial charge >= 0.3 is 23.6 Å². The molecule has 0 fully saturated rings. The van der Waals surface area contributed by atoms with E-state index in [0.29, 0.717) is 0 Å². The molecule has 16 nitrogen and oxygen atoms in total. The molecule has 0 saturated heterocycles. The normalized spacial score (nSPS) is 8.96. The molecule has 2 aromatic rings. The SMILES string of the molecule is Nc1[nH+]ccnc1C(=O)O.Nc1[nH+]ccnc1C(=O)O.O.O.O=S(=O)([O-])[O-]. The summed E-state index contributed by atoms with van der Waals surface area (Å²) in [6.07, 6.45) is 5.59. The lowest BCUT2D eigenvalue weighted by Crippen LogP contribution is -2.16. The van der Waals surface area contributed by atoms with E-state index in [0.717, 1.165) is 0 Å². The Labute approximate surface area is 150 Å². The van der Waals surface area contributed by atoms with E-state index < -0.39 is 22.3 Å². The second kappa shape index (κ2) is 12.8. The van der Waals surface area contributed by atoms with Crippen molar-refractivity contribution in [2.24, 2.45) is 0 Å². The van der Waals surface area contributed by atoms with Crippen LogP contribution in [0.1, 0.15) is 21.0 Å². The molecule has 0 radical (unpaired) electrons. The number of H-pyrrole nitrogens is 2. The first kappa shape index (κ1) is 28.3. The van der Waals surface area contributed by atoms with Gasteiger partial charge in [-0.05, 0) is 0 Å². The van der Waals surface area contributed by atoms with Gasteiger partial charge in [0.2, 0.25) is 11.4 Å². The lowest BCUT2D eigenvalue weighted by molar-refractivity contribution is -0.361. The third-order valence-electron chi connectivity index (χ3n) is 1.95. The van der Waals surface area contributed by atoms with Crippen LogP contribution in [-0.4, -0.2) is 60.6 Å². The molecular weight excluding hydrogens is 396 g/mol. The quantitative estimate of drug-likeness (QED) is 0.267. The first-order valence-electron chi connectivity index (χ1n) is 5.81. The Kier molecular flexibility index (Phi) is 13.4. The van der Waals surface area contributed by atoms with Gasteiger partial charge in [-0.15, -0.1) is 0 Å². The van der Waals surface area contributed by atoms with E-state index in [2.05, 4.69) is 19.9 Å². The molecule has 152 valence electrons. The zero-order chi connectivity index (χ0) is 19.6. The average Bonchev–Trinajstić information content (AvgIpc) is 2.46. The van der Waals surface area contributed by atoms with Gasteiger partial charge in [0.1, 0.15) is 12.4 Å². The second-order valence-electron chi connectivity index (χ2n) is 3.72. The molecule has 0 aliphatic carbocycles. The van der Waals surface area contributed by atoms with Crippen molar-refractivity contribution in [1.29, 1.82) is 0 Å². The van der Waals surface area contributed by atoms with Crippen molar-refractivity contribution in [2.45, 2.75) is 0 Å². The summed E-state index contributed by atoms with van der Waals surface area (Å²) in [4.78, 5) is 32.6. The third kappa shape index (κ3) is 13.5. The fraction of sp³-hybridized carbons (Fsp3) is 0. The van der Waals surface area contributed by atoms with Crippen molar-refractivity contribution in [3.63, 3.8) is 0 Å². The molecule has 0 aromatic carbocycles. The summed E-state index contributed by atoms with van der Waals surface area (Å²) in [5, 5.41) is 16.8. The highest BCUT2D eigenvalue weighted by atomic mass is 32.3. The fourth-order valence-corrected chi connectivity index (χ4v) is 1.09. The molecule has 17 heteroatoms. The summed E-state index contributed by atoms with van der Waals surface area (Å²) in [7, 11) is -5.17. The molecule has 0 unspecified atom stereocenters. The van der Waals surface area contributed by atoms with Gasteiger partial charge in [-0.2, -0.15) is 0 Å². The average molecular weight is 412 g/mol. The molecule has 0 spiro atoms. The monoisotopic (exact) mass is 412 g/mol. The summed E-state index contributed by atoms with van der Waals surface area (Å²) in [6, 6.07) is 0. The number of rotatable bonds is 2. The van der Waals surface area contributed by atoms with Crippen molar-refractivity contribution in [1.82, 2.24) is 9.97 Å². The van der Waals surface area contributed by atoms with Gasteiger partial charge in [-0.3, -0.25) is 19.9 Å². The van der Waals surface area contributed by atoms with Crippen molar-refractivity contribution in [3.05, 3.63) is 36.2 Å². The summed E-state index contributed by atoms with van der Waals surface area (Å²) in [6.45, 7) is 0. The van der Waals surface area contributed by atoms with Crippen LogP contribution in [0, 0.1) is 0 Å². The van der Waals surface area contributed by atoms with Crippen molar-refractivity contribution >= 4 is 34.0 Å². The Morgan fingerprint density at radius 3 is 1.30 bits per heavy atom. The maximum absolute atomic E-state index is 10.3. The lowest BCUT2D eigenvalue weighted by Gasteiger charge is -2.06. The molecule has 0 atom stereocenters. The van der Waals surface area contributed by atoms with Gasteiger partial charge in [0.05, 0.1) is 12.4 Å². The lowest BCUT2D eigenvalue weighted by atomic mass is 10.4. The van der Waals surface area contributed by atoms with Crippen LogP contribution in [-0.2, 0) is 10.4 Å². The largest absolute Gasteiger partial charge is 0.759 e. The van der Waals surface area contributed by atoms with Crippen LogP contribution in [0.4, 0.5) is 11.6 Å². The first-order valence-corrected chi connectivity index (χ1v) is 7.14. The standard InChI is InChI=1S/2C5H5N3O2.H2O4S.2H2O/c2*6-4-3(5(9)10)7-1-2-8-4;1-5(2,3)4;;/h2*1-2H,(H2,6,8)(H,9,10);(H2,1,2,3,4);2*1H2. The minimum atomic E-state index is -5.17. The Morgan fingerprint density at radius 1 is 0.889 bits per heavy atom. The number of aromatic carboxylic acids is 2. The summed E-state index contributed by atoms with van der Waals surface area (Å²) in [5.41, 5.74) is 10.1. The minimum Gasteiger partial charge on any atom is -0.759 e. The maximum Gasteiger partial charge on any atom is 0.363 e. The predicted octanol–water partition coefficient (Wildman–Crippen LogP) is -4.64. The van der Waals surface area contributed by atoms with E-state index in [-0.39, 0.29) is 34.0 Å². The molecule has 0 aliphatic rings. The highest BCUT2D eigenvalue weighted by Gasteiger charge is 2.13. The van der Waals surface area contributed by atoms with Crippen LogP contribution in [0.15, 0.2) is 24.8 Å². The molecule has 12 N–H and O–H groups in total. The first-order chi connectivity index (χ1) is 11.4. The molecule has 0 bridgehead atoms. The zero-order valence-corrected chi connectivity index (χ0v) is 13.9. The fourth-order valence-electron chi connectivity index (χ4n) is 1.09. The van der Waals surface area contributed by atoms with Crippen LogP contribution < -0.4 is 21.4 Å². The summed E-state index contributed by atoms with van der Waals surface area (Å²) < 4.78 is 34.1. The number of nitrogen functional groups attached to an aromatic ring is 2. The van der Waals surface area contributed by atoms with E-state index >= 15 is 0 Å². The van der Waals surface area contributed by atoms with Gasteiger partial charge in [-0.25, -0.2) is 29.5 Å².